The van der Waals surface area contributed by atoms with Gasteiger partial charge in [-0.1, -0.05) is 58.0 Å². The van der Waals surface area contributed by atoms with Gasteiger partial charge < -0.3 is 39.0 Å². The highest BCUT2D eigenvalue weighted by Gasteiger charge is 2.56. The molecule has 15 nitrogen and oxygen atoms in total. The molecule has 1 spiro atoms. The van der Waals surface area contributed by atoms with Crippen molar-refractivity contribution in [2.24, 2.45) is 28.7 Å². The number of allylic oxidation sites excluding steroid dienone is 1. The van der Waals surface area contributed by atoms with Crippen molar-refractivity contribution in [3.05, 3.63) is 82.5 Å². The zero-order valence-electron chi connectivity index (χ0n) is 39.6. The quantitative estimate of drug-likeness (QED) is 0.131. The monoisotopic (exact) mass is 924 g/mol. The molecule has 6 aliphatic rings. The van der Waals surface area contributed by atoms with Crippen molar-refractivity contribution < 1.29 is 38.1 Å². The number of esters is 1. The van der Waals surface area contributed by atoms with Crippen LogP contribution in [-0.2, 0) is 23.9 Å². The van der Waals surface area contributed by atoms with Crippen LogP contribution in [0.25, 0.3) is 38.7 Å². The van der Waals surface area contributed by atoms with Crippen molar-refractivity contribution in [2.45, 2.75) is 122 Å². The number of methoxy groups -OCH3 is 2. The van der Waals surface area contributed by atoms with Crippen molar-refractivity contribution in [2.75, 3.05) is 20.8 Å². The van der Waals surface area contributed by atoms with Gasteiger partial charge in [0.05, 0.1) is 49.5 Å². The second-order valence-electron chi connectivity index (χ2n) is 20.1. The third-order valence-electron chi connectivity index (χ3n) is 15.1. The first-order valence-electron chi connectivity index (χ1n) is 24.3. The number of hydrogen-bond donors (Lipinski definition) is 2. The van der Waals surface area contributed by atoms with Gasteiger partial charge in [0.15, 0.2) is 11.5 Å². The minimum Gasteiger partial charge on any atom is -0.469 e. The van der Waals surface area contributed by atoms with Gasteiger partial charge in [-0.25, -0.2) is 9.78 Å². The fourth-order valence-electron chi connectivity index (χ4n) is 11.2. The molecule has 0 radical (unpaired) electrons. The van der Waals surface area contributed by atoms with Crippen molar-refractivity contribution >= 4 is 46.1 Å². The Balaban J connectivity index is 0.888. The molecule has 15 heteroatoms. The van der Waals surface area contributed by atoms with Gasteiger partial charge in [-0.05, 0) is 103 Å². The maximum atomic E-state index is 14.0. The van der Waals surface area contributed by atoms with Crippen LogP contribution in [0.15, 0.2) is 70.6 Å². The third-order valence-corrected chi connectivity index (χ3v) is 15.1. The van der Waals surface area contributed by atoms with E-state index in [4.69, 9.17) is 28.9 Å². The Bertz CT molecular complexity index is 2810. The van der Waals surface area contributed by atoms with Gasteiger partial charge >= 0.3 is 12.1 Å². The summed E-state index contributed by atoms with van der Waals surface area (Å²) in [6, 6.07) is 16.9. The van der Waals surface area contributed by atoms with Crippen LogP contribution in [0, 0.1) is 23.7 Å². The number of nitrogens with zero attached hydrogens (tertiary/aromatic N) is 4. The molecule has 2 aliphatic carbocycles. The molecule has 2 unspecified atom stereocenters. The molecule has 3 amide bonds. The summed E-state index contributed by atoms with van der Waals surface area (Å²) < 4.78 is 23.4. The summed E-state index contributed by atoms with van der Waals surface area (Å²) in [5.74, 6) is 0.110. The Morgan fingerprint density at radius 2 is 1.53 bits per heavy atom. The summed E-state index contributed by atoms with van der Waals surface area (Å²) in [6.45, 7) is 8.35. The summed E-state index contributed by atoms with van der Waals surface area (Å²) in [6.07, 6.45) is 8.79. The van der Waals surface area contributed by atoms with E-state index in [1.54, 1.807) is 0 Å². The topological polar surface area (TPSA) is 182 Å². The molecule has 4 aromatic rings. The summed E-state index contributed by atoms with van der Waals surface area (Å²) in [5, 5.41) is 3.13. The van der Waals surface area contributed by atoms with Crippen molar-refractivity contribution in [1.29, 1.82) is 0 Å². The lowest BCUT2D eigenvalue weighted by atomic mass is 9.90. The molecule has 10 rings (SSSR count). The number of benzene rings is 3. The van der Waals surface area contributed by atoms with E-state index in [2.05, 4.69) is 40.6 Å². The number of aromatic nitrogens is 2. The Kier molecular flexibility index (Phi) is 11.9. The van der Waals surface area contributed by atoms with Gasteiger partial charge in [0.1, 0.15) is 11.9 Å². The number of amides is 3. The van der Waals surface area contributed by atoms with Crippen LogP contribution in [0.3, 0.4) is 0 Å². The molecule has 4 fully saturated rings. The first-order valence-corrected chi connectivity index (χ1v) is 24.3. The largest absolute Gasteiger partial charge is 0.469 e. The number of carbonyl (C=O) groups is 4. The second-order valence-corrected chi connectivity index (χ2v) is 20.1. The van der Waals surface area contributed by atoms with Gasteiger partial charge in [0.25, 0.3) is 11.3 Å². The normalized spacial score (nSPS) is 22.9. The molecule has 1 aromatic heterocycles. The number of rotatable bonds is 12. The number of hydrogen-bond acceptors (Lipinski definition) is 11. The van der Waals surface area contributed by atoms with Crippen molar-refractivity contribution in [1.82, 2.24) is 25.1 Å². The smallest absolute Gasteiger partial charge is 0.407 e. The highest BCUT2D eigenvalue weighted by Crippen LogP contribution is 2.56. The summed E-state index contributed by atoms with van der Waals surface area (Å²) in [4.78, 5) is 82.7. The molecule has 68 heavy (non-hydrogen) atoms. The SMILES string of the molecule is COC(=O)C[C@H](C(=O)N1CCC[C@H]1C1=NC=C(c2ccc(-c3ccc(-c4ccc5nc([C@@H]6CC7CC7N6C(=O)[C@@H](NC(=O)OC)C(C)C)[nH]c(=O)c5c4)c4c3OC3(CCCC3)O4)cc2)C1)C(C)C. The van der Waals surface area contributed by atoms with Crippen LogP contribution >= 0.6 is 0 Å². The molecule has 0 bridgehead atoms. The molecule has 2 saturated heterocycles. The van der Waals surface area contributed by atoms with Crippen LogP contribution in [-0.4, -0.2) is 94.0 Å². The molecular formula is C53H60N6O9. The maximum absolute atomic E-state index is 14.0. The molecule has 2 saturated carbocycles. The van der Waals surface area contributed by atoms with E-state index in [0.717, 1.165) is 84.0 Å². The number of fused-ring (bicyclic) bond motifs is 3. The number of alkyl carbamates (subject to hydrolysis) is 1. The summed E-state index contributed by atoms with van der Waals surface area (Å²) in [7, 11) is 2.63. The van der Waals surface area contributed by atoms with E-state index < -0.39 is 29.9 Å². The van der Waals surface area contributed by atoms with Crippen LogP contribution in [0.4, 0.5) is 4.79 Å². The molecule has 3 aromatic carbocycles. The lowest BCUT2D eigenvalue weighted by molar-refractivity contribution is -0.148. The lowest BCUT2D eigenvalue weighted by Gasteiger charge is -2.32. The predicted octanol–water partition coefficient (Wildman–Crippen LogP) is 8.35. The highest BCUT2D eigenvalue weighted by atomic mass is 16.7. The lowest BCUT2D eigenvalue weighted by Crippen LogP contribution is -2.52. The Hall–Kier alpha value is -6.51. The minimum absolute atomic E-state index is 0.0000883. The van der Waals surface area contributed by atoms with Crippen molar-refractivity contribution in [3.63, 3.8) is 0 Å². The van der Waals surface area contributed by atoms with Gasteiger partial charge in [0.2, 0.25) is 11.8 Å². The molecule has 4 aliphatic heterocycles. The van der Waals surface area contributed by atoms with Crippen LogP contribution in [0.5, 0.6) is 11.5 Å². The van der Waals surface area contributed by atoms with Gasteiger partial charge in [0, 0.05) is 54.9 Å². The van der Waals surface area contributed by atoms with E-state index in [9.17, 15) is 24.0 Å². The van der Waals surface area contributed by atoms with Gasteiger partial charge in [-0.3, -0.25) is 24.2 Å². The third kappa shape index (κ3) is 8.21. The number of aromatic amines is 1. The molecular weight excluding hydrogens is 865 g/mol. The van der Waals surface area contributed by atoms with Crippen LogP contribution in [0.1, 0.15) is 109 Å². The number of piperidine rings is 1. The highest BCUT2D eigenvalue weighted by molar-refractivity contribution is 6.03. The van der Waals surface area contributed by atoms with Gasteiger partial charge in [-0.2, -0.15) is 0 Å². The van der Waals surface area contributed by atoms with E-state index in [0.29, 0.717) is 53.5 Å². The maximum Gasteiger partial charge on any atom is 0.407 e. The summed E-state index contributed by atoms with van der Waals surface area (Å²) >= 11 is 0. The average Bonchev–Trinajstić information content (AvgIpc) is 3.99. The number of carbonyl (C=O) groups excluding carboxylic acids is 4. The van der Waals surface area contributed by atoms with Crippen molar-refractivity contribution in [3.8, 4) is 33.8 Å². The molecule has 5 heterocycles. The van der Waals surface area contributed by atoms with Crippen LogP contribution < -0.4 is 20.3 Å². The Morgan fingerprint density at radius 1 is 0.838 bits per heavy atom. The second kappa shape index (κ2) is 17.9. The summed E-state index contributed by atoms with van der Waals surface area (Å²) in [5.41, 5.74) is 6.79. The first kappa shape index (κ1) is 45.3. The first-order chi connectivity index (χ1) is 32.8. The van der Waals surface area contributed by atoms with Crippen LogP contribution in [0.2, 0.25) is 0 Å². The number of nitrogens with one attached hydrogen (secondary N) is 2. The van der Waals surface area contributed by atoms with E-state index >= 15 is 0 Å². The number of H-pyrrole nitrogens is 1. The molecule has 2 N–H and O–H groups in total. The Labute approximate surface area is 395 Å². The van der Waals surface area contributed by atoms with E-state index in [1.165, 1.54) is 14.2 Å². The number of ether oxygens (including phenoxy) is 4. The standard InChI is InChI=1S/C53H60N6O9/c1-28(2)37(26-44(60)65-5)50(62)58-21-9-10-41(58)40-23-34(27-54-40)30-11-13-31(14-12-30)35-16-17-36(47-46(35)67-53(68-47)19-7-8-20-53)32-15-18-39-38(22-32)49(61)57-48(55-39)43-25-33-24-42(33)59(43)51(63)45(29(3)4)56-52(64)66-6/h11-18,22,27-29,33,37,41-43,45H,7-10,19-21,23-26H2,1-6H3,(H,56,64)(H,55,57,61)/t33?,37-,41-,42?,43-,45-/m0/s1. The minimum atomic E-state index is -0.778. The Morgan fingerprint density at radius 3 is 2.21 bits per heavy atom. The number of aliphatic imine (C=N–C) groups is 1. The van der Waals surface area contributed by atoms with E-state index in [-0.39, 0.29) is 53.7 Å². The average molecular weight is 925 g/mol. The van der Waals surface area contributed by atoms with E-state index in [1.807, 2.05) is 68.0 Å². The molecule has 6 atom stereocenters. The number of likely N-dealkylation sites (tertiary alicyclic amines) is 2. The predicted molar refractivity (Wildman–Crippen MR) is 256 cm³/mol. The zero-order valence-corrected chi connectivity index (χ0v) is 39.6. The van der Waals surface area contributed by atoms with Gasteiger partial charge in [-0.15, -0.1) is 0 Å². The fourth-order valence-corrected chi connectivity index (χ4v) is 11.2. The zero-order chi connectivity index (χ0) is 47.6. The fraction of sp³-hybridized carbons (Fsp3) is 0.491. The molecule has 356 valence electrons.